The van der Waals surface area contributed by atoms with Crippen molar-refractivity contribution < 1.29 is 13.2 Å². The molecule has 0 aromatic heterocycles. The molecule has 2 aromatic rings. The molecule has 29 heavy (non-hydrogen) atoms. The lowest BCUT2D eigenvalue weighted by Crippen LogP contribution is -2.34. The molecule has 158 valence electrons. The summed E-state index contributed by atoms with van der Waals surface area (Å²) in [6, 6.07) is 12.4. The summed E-state index contributed by atoms with van der Waals surface area (Å²) in [5, 5.41) is 3.09. The van der Waals surface area contributed by atoms with Crippen molar-refractivity contribution in [3.63, 3.8) is 0 Å². The van der Waals surface area contributed by atoms with E-state index in [9.17, 15) is 13.2 Å². The van der Waals surface area contributed by atoms with Crippen LogP contribution in [0.4, 0.5) is 0 Å². The number of rotatable bonds is 8. The van der Waals surface area contributed by atoms with E-state index in [1.54, 1.807) is 0 Å². The monoisotopic (exact) mass is 437 g/mol. The third-order valence-electron chi connectivity index (χ3n) is 4.81. The highest BCUT2D eigenvalue weighted by Gasteiger charge is 2.22. The molecule has 0 aliphatic rings. The van der Waals surface area contributed by atoms with Crippen molar-refractivity contribution in [2.75, 3.05) is 34.7 Å². The zero-order chi connectivity index (χ0) is 21.8. The predicted octanol–water partition coefficient (Wildman–Crippen LogP) is 3.19. The van der Waals surface area contributed by atoms with Gasteiger partial charge in [-0.15, -0.1) is 0 Å². The van der Waals surface area contributed by atoms with E-state index in [0.717, 1.165) is 16.3 Å². The Morgan fingerprint density at radius 2 is 1.69 bits per heavy atom. The maximum Gasteiger partial charge on any atom is 0.252 e. The second kappa shape index (κ2) is 9.71. The second-order valence-electron chi connectivity index (χ2n) is 7.21. The van der Waals surface area contributed by atoms with E-state index < -0.39 is 15.9 Å². The molecule has 2 aromatic carbocycles. The van der Waals surface area contributed by atoms with Crippen LogP contribution in [0.1, 0.15) is 34.5 Å². The van der Waals surface area contributed by atoms with E-state index >= 15 is 0 Å². The fourth-order valence-corrected chi connectivity index (χ4v) is 4.04. The highest BCUT2D eigenvalue weighted by Crippen LogP contribution is 2.23. The Morgan fingerprint density at radius 3 is 2.21 bits per heavy atom. The van der Waals surface area contributed by atoms with Gasteiger partial charge in [-0.1, -0.05) is 42.8 Å². The minimum absolute atomic E-state index is 0.0244. The summed E-state index contributed by atoms with van der Waals surface area (Å²) in [4.78, 5) is 14.8. The van der Waals surface area contributed by atoms with E-state index in [1.165, 1.54) is 37.9 Å². The molecule has 6 nitrogen and oxygen atoms in total. The number of aryl methyl sites for hydroxylation is 1. The van der Waals surface area contributed by atoms with Gasteiger partial charge in [-0.3, -0.25) is 4.79 Å². The zero-order valence-corrected chi connectivity index (χ0v) is 19.0. The van der Waals surface area contributed by atoms with E-state index in [0.29, 0.717) is 6.54 Å². The average molecular weight is 438 g/mol. The van der Waals surface area contributed by atoms with Crippen LogP contribution in [0, 0.1) is 0 Å². The number of amides is 1. The molecule has 1 amide bonds. The predicted molar refractivity (Wildman–Crippen MR) is 117 cm³/mol. The standard InChI is InChI=1S/C21H28ClN3O3S/c1-6-15-7-9-16(10-8-15)20(24(2)3)14-23-21(26)18-13-17(11-12-19(18)22)29(27,28)25(4)5/h7-13,20H,6,14H2,1-5H3,(H,23,26)/t20-/m1/s1. The Labute approximate surface area is 178 Å². The summed E-state index contributed by atoms with van der Waals surface area (Å²) in [5.41, 5.74) is 2.47. The van der Waals surface area contributed by atoms with Gasteiger partial charge >= 0.3 is 0 Å². The van der Waals surface area contributed by atoms with Crippen LogP contribution in [0.25, 0.3) is 0 Å². The number of likely N-dealkylation sites (N-methyl/N-ethyl adjacent to an activating group) is 1. The van der Waals surface area contributed by atoms with Gasteiger partial charge in [0.25, 0.3) is 5.91 Å². The number of nitrogens with zero attached hydrogens (tertiary/aromatic N) is 2. The zero-order valence-electron chi connectivity index (χ0n) is 17.4. The molecular formula is C21H28ClN3O3S. The second-order valence-corrected chi connectivity index (χ2v) is 9.77. The van der Waals surface area contributed by atoms with Crippen molar-refractivity contribution in [2.45, 2.75) is 24.3 Å². The van der Waals surface area contributed by atoms with Crippen LogP contribution >= 0.6 is 11.6 Å². The Morgan fingerprint density at radius 1 is 1.07 bits per heavy atom. The van der Waals surface area contributed by atoms with E-state index in [2.05, 4.69) is 36.5 Å². The summed E-state index contributed by atoms with van der Waals surface area (Å²) in [5.74, 6) is -0.414. The van der Waals surface area contributed by atoms with E-state index in [-0.39, 0.29) is 21.5 Å². The number of carbonyl (C=O) groups excluding carboxylic acids is 1. The van der Waals surface area contributed by atoms with E-state index in [1.807, 2.05) is 19.0 Å². The number of carbonyl (C=O) groups is 1. The van der Waals surface area contributed by atoms with Crippen molar-refractivity contribution in [1.29, 1.82) is 0 Å². The van der Waals surface area contributed by atoms with E-state index in [4.69, 9.17) is 11.6 Å². The van der Waals surface area contributed by atoms with Gasteiger partial charge in [-0.05, 0) is 49.8 Å². The molecule has 0 aliphatic heterocycles. The number of nitrogens with one attached hydrogen (secondary N) is 1. The fourth-order valence-electron chi connectivity index (χ4n) is 2.91. The van der Waals surface area contributed by atoms with Crippen LogP contribution in [0.15, 0.2) is 47.4 Å². The molecule has 0 unspecified atom stereocenters. The molecule has 0 spiro atoms. The van der Waals surface area contributed by atoms with Gasteiger partial charge < -0.3 is 10.2 Å². The molecule has 0 fully saturated rings. The van der Waals surface area contributed by atoms with Crippen molar-refractivity contribution in [2.24, 2.45) is 0 Å². The molecule has 0 aliphatic carbocycles. The molecule has 0 saturated carbocycles. The Hall–Kier alpha value is -1.93. The van der Waals surface area contributed by atoms with Crippen LogP contribution in [0.2, 0.25) is 5.02 Å². The molecule has 0 radical (unpaired) electrons. The minimum atomic E-state index is -3.66. The van der Waals surface area contributed by atoms with Gasteiger partial charge in [-0.2, -0.15) is 0 Å². The summed E-state index contributed by atoms with van der Waals surface area (Å²) in [6.45, 7) is 2.46. The van der Waals surface area contributed by atoms with Crippen LogP contribution in [-0.4, -0.2) is 58.3 Å². The Bertz CT molecular complexity index is 958. The average Bonchev–Trinajstić information content (AvgIpc) is 2.68. The van der Waals surface area contributed by atoms with Crippen LogP contribution in [0.5, 0.6) is 0 Å². The van der Waals surface area contributed by atoms with Gasteiger partial charge in [0.2, 0.25) is 10.0 Å². The summed E-state index contributed by atoms with van der Waals surface area (Å²) >= 11 is 6.17. The molecule has 2 rings (SSSR count). The molecule has 0 saturated heterocycles. The van der Waals surface area contributed by atoms with Gasteiger partial charge in [0.15, 0.2) is 0 Å². The smallest absolute Gasteiger partial charge is 0.252 e. The lowest BCUT2D eigenvalue weighted by atomic mass is 10.0. The molecule has 1 atom stereocenters. The maximum absolute atomic E-state index is 12.8. The summed E-state index contributed by atoms with van der Waals surface area (Å²) in [6.07, 6.45) is 0.967. The van der Waals surface area contributed by atoms with Crippen molar-refractivity contribution >= 4 is 27.5 Å². The third kappa shape index (κ3) is 5.57. The third-order valence-corrected chi connectivity index (χ3v) is 6.95. The molecule has 0 bridgehead atoms. The minimum Gasteiger partial charge on any atom is -0.350 e. The Kier molecular flexibility index (Phi) is 7.82. The molecule has 0 heterocycles. The number of sulfonamides is 1. The number of halogens is 1. The lowest BCUT2D eigenvalue weighted by Gasteiger charge is -2.25. The summed E-state index contributed by atoms with van der Waals surface area (Å²) < 4.78 is 25.8. The largest absolute Gasteiger partial charge is 0.350 e. The Balaban J connectivity index is 2.22. The topological polar surface area (TPSA) is 69.7 Å². The SMILES string of the molecule is CCc1ccc([C@@H](CNC(=O)c2cc(S(=O)(=O)N(C)C)ccc2Cl)N(C)C)cc1. The van der Waals surface area contributed by atoms with Gasteiger partial charge in [-0.25, -0.2) is 12.7 Å². The molecule has 1 N–H and O–H groups in total. The van der Waals surface area contributed by atoms with Crippen LogP contribution < -0.4 is 5.32 Å². The first-order chi connectivity index (χ1) is 13.6. The normalized spacial score (nSPS) is 13.0. The first kappa shape index (κ1) is 23.3. The van der Waals surface area contributed by atoms with Crippen molar-refractivity contribution in [3.05, 3.63) is 64.2 Å². The first-order valence-electron chi connectivity index (χ1n) is 9.33. The maximum atomic E-state index is 12.8. The summed E-state index contributed by atoms with van der Waals surface area (Å²) in [7, 11) is 3.11. The van der Waals surface area contributed by atoms with Gasteiger partial charge in [0, 0.05) is 20.6 Å². The highest BCUT2D eigenvalue weighted by atomic mass is 35.5. The van der Waals surface area contributed by atoms with Gasteiger partial charge in [0.05, 0.1) is 21.5 Å². The highest BCUT2D eigenvalue weighted by molar-refractivity contribution is 7.89. The van der Waals surface area contributed by atoms with Crippen LogP contribution in [-0.2, 0) is 16.4 Å². The number of hydrogen-bond acceptors (Lipinski definition) is 4. The number of hydrogen-bond donors (Lipinski definition) is 1. The quantitative estimate of drug-likeness (QED) is 0.688. The van der Waals surface area contributed by atoms with Crippen molar-refractivity contribution in [1.82, 2.24) is 14.5 Å². The fraction of sp³-hybridized carbons (Fsp3) is 0.381. The van der Waals surface area contributed by atoms with Crippen molar-refractivity contribution in [3.8, 4) is 0 Å². The lowest BCUT2D eigenvalue weighted by molar-refractivity contribution is 0.0942. The van der Waals surface area contributed by atoms with Gasteiger partial charge in [0.1, 0.15) is 0 Å². The first-order valence-corrected chi connectivity index (χ1v) is 11.1. The number of benzene rings is 2. The molecule has 8 heteroatoms. The molecular weight excluding hydrogens is 410 g/mol. The van der Waals surface area contributed by atoms with Crippen LogP contribution in [0.3, 0.4) is 0 Å².